The fourth-order valence-electron chi connectivity index (χ4n) is 0.758. The summed E-state index contributed by atoms with van der Waals surface area (Å²) in [5.41, 5.74) is 0. The molecule has 0 amide bonds. The predicted octanol–water partition coefficient (Wildman–Crippen LogP) is 0.318. The van der Waals surface area contributed by atoms with Crippen LogP contribution in [0.25, 0.3) is 0 Å². The van der Waals surface area contributed by atoms with Crippen LogP contribution in [0.3, 0.4) is 0 Å². The lowest BCUT2D eigenvalue weighted by Gasteiger charge is -2.20. The first-order valence-electron chi connectivity index (χ1n) is 4.54. The van der Waals surface area contributed by atoms with E-state index in [0.717, 1.165) is 0 Å². The van der Waals surface area contributed by atoms with Crippen molar-refractivity contribution in [2.45, 2.75) is 26.6 Å². The number of carbonyl (C=O) groups is 1. The molecule has 0 radical (unpaired) electrons. The van der Waals surface area contributed by atoms with Crippen LogP contribution < -0.4 is 0 Å². The third kappa shape index (κ3) is 5.95. The topological polar surface area (TPSA) is 55.8 Å². The number of esters is 1. The van der Waals surface area contributed by atoms with Crippen molar-refractivity contribution in [1.82, 2.24) is 0 Å². The third-order valence-electron chi connectivity index (χ3n) is 1.20. The quantitative estimate of drug-likeness (QED) is 0.322. The standard InChI is InChI=1S/C8H18O4Si2/c1-5-7(12-14(2,3)4)8(9)11-6-13-10/h5,10H,6,13H2,1-4H3. The molecule has 0 saturated heterocycles. The Bertz CT molecular complexity index is 220. The molecule has 14 heavy (non-hydrogen) atoms. The van der Waals surface area contributed by atoms with Gasteiger partial charge in [-0.25, -0.2) is 4.79 Å². The van der Waals surface area contributed by atoms with E-state index in [-0.39, 0.29) is 12.0 Å². The number of hydrogen-bond acceptors (Lipinski definition) is 4. The summed E-state index contributed by atoms with van der Waals surface area (Å²) in [6.45, 7) is 7.70. The van der Waals surface area contributed by atoms with Gasteiger partial charge in [0.25, 0.3) is 0 Å². The van der Waals surface area contributed by atoms with Crippen molar-refractivity contribution < 1.29 is 18.8 Å². The molecular weight excluding hydrogens is 216 g/mol. The van der Waals surface area contributed by atoms with E-state index in [2.05, 4.69) is 0 Å². The highest BCUT2D eigenvalue weighted by molar-refractivity contribution is 6.70. The first-order valence-corrected chi connectivity index (χ1v) is 9.58. The van der Waals surface area contributed by atoms with Gasteiger partial charge in [0.1, 0.15) is 6.23 Å². The SMILES string of the molecule is CC=C(O[Si](C)(C)C)C(=O)OC[SiH2]O. The van der Waals surface area contributed by atoms with Gasteiger partial charge < -0.3 is 14.0 Å². The van der Waals surface area contributed by atoms with Gasteiger partial charge in [0.05, 0.1) is 0 Å². The smallest absolute Gasteiger partial charge is 0.371 e. The van der Waals surface area contributed by atoms with E-state index in [9.17, 15) is 4.79 Å². The molecule has 4 nitrogen and oxygen atoms in total. The number of rotatable bonds is 5. The van der Waals surface area contributed by atoms with Crippen LogP contribution in [0.1, 0.15) is 6.92 Å². The second-order valence-electron chi connectivity index (χ2n) is 3.73. The minimum absolute atomic E-state index is 0.144. The Labute approximate surface area is 88.0 Å². The summed E-state index contributed by atoms with van der Waals surface area (Å²) in [6, 6.07) is 0. The molecule has 0 atom stereocenters. The third-order valence-corrected chi connectivity index (χ3v) is 2.42. The Kier molecular flexibility index (Phi) is 5.74. The average Bonchev–Trinajstić information content (AvgIpc) is 2.08. The van der Waals surface area contributed by atoms with Gasteiger partial charge in [-0.3, -0.25) is 0 Å². The highest BCUT2D eigenvalue weighted by atomic mass is 28.4. The van der Waals surface area contributed by atoms with Crippen LogP contribution in [0.5, 0.6) is 0 Å². The Hall–Kier alpha value is -0.596. The molecular formula is C8H18O4Si2. The predicted molar refractivity (Wildman–Crippen MR) is 59.9 cm³/mol. The molecule has 0 bridgehead atoms. The van der Waals surface area contributed by atoms with Crippen LogP contribution in [-0.2, 0) is 14.0 Å². The lowest BCUT2D eigenvalue weighted by molar-refractivity contribution is -0.139. The summed E-state index contributed by atoms with van der Waals surface area (Å²) in [5.74, 6) is -0.219. The fourth-order valence-corrected chi connectivity index (χ4v) is 1.90. The van der Waals surface area contributed by atoms with Gasteiger partial charge in [-0.1, -0.05) is 0 Å². The van der Waals surface area contributed by atoms with Crippen molar-refractivity contribution in [3.8, 4) is 0 Å². The summed E-state index contributed by atoms with van der Waals surface area (Å²) in [6.07, 6.45) is 1.74. The van der Waals surface area contributed by atoms with Crippen LogP contribution in [0.15, 0.2) is 11.8 Å². The van der Waals surface area contributed by atoms with Crippen molar-refractivity contribution in [3.63, 3.8) is 0 Å². The zero-order chi connectivity index (χ0) is 11.2. The Morgan fingerprint density at radius 3 is 2.43 bits per heavy atom. The molecule has 0 unspecified atom stereocenters. The highest BCUT2D eigenvalue weighted by Crippen LogP contribution is 2.11. The van der Waals surface area contributed by atoms with E-state index in [1.54, 1.807) is 13.0 Å². The van der Waals surface area contributed by atoms with Crippen LogP contribution in [0.4, 0.5) is 0 Å². The maximum absolute atomic E-state index is 11.3. The molecule has 0 aliphatic rings. The summed E-state index contributed by atoms with van der Waals surface area (Å²) >= 11 is 0. The first-order chi connectivity index (χ1) is 6.40. The van der Waals surface area contributed by atoms with Gasteiger partial charge in [0.15, 0.2) is 15.5 Å². The van der Waals surface area contributed by atoms with Crippen LogP contribution in [-0.4, -0.2) is 35.1 Å². The minimum atomic E-state index is -1.76. The van der Waals surface area contributed by atoms with Gasteiger partial charge in [-0.2, -0.15) is 0 Å². The average molecular weight is 234 g/mol. The molecule has 0 spiro atoms. The normalized spacial score (nSPS) is 13.4. The van der Waals surface area contributed by atoms with Gasteiger partial charge >= 0.3 is 5.97 Å². The van der Waals surface area contributed by atoms with Crippen molar-refractivity contribution in [2.24, 2.45) is 0 Å². The zero-order valence-electron chi connectivity index (χ0n) is 9.16. The molecule has 0 aromatic carbocycles. The fraction of sp³-hybridized carbons (Fsp3) is 0.625. The van der Waals surface area contributed by atoms with Crippen LogP contribution in [0, 0.1) is 0 Å². The molecule has 1 N–H and O–H groups in total. The Balaban J connectivity index is 4.22. The lowest BCUT2D eigenvalue weighted by atomic mass is 10.5. The van der Waals surface area contributed by atoms with Crippen molar-refractivity contribution >= 4 is 24.0 Å². The minimum Gasteiger partial charge on any atom is -0.540 e. The maximum Gasteiger partial charge on any atom is 0.371 e. The molecule has 0 aliphatic carbocycles. The summed E-state index contributed by atoms with van der Waals surface area (Å²) in [7, 11) is -2.99. The zero-order valence-corrected chi connectivity index (χ0v) is 11.6. The molecule has 82 valence electrons. The van der Waals surface area contributed by atoms with Gasteiger partial charge in [-0.05, 0) is 32.6 Å². The number of ether oxygens (including phenoxy) is 1. The van der Waals surface area contributed by atoms with Crippen LogP contribution in [0.2, 0.25) is 19.6 Å². The number of hydrogen-bond donors (Lipinski definition) is 1. The Morgan fingerprint density at radius 2 is 2.07 bits per heavy atom. The van der Waals surface area contributed by atoms with E-state index in [4.69, 9.17) is 14.0 Å². The molecule has 0 aromatic rings. The monoisotopic (exact) mass is 234 g/mol. The van der Waals surface area contributed by atoms with Gasteiger partial charge in [0.2, 0.25) is 8.32 Å². The summed E-state index contributed by atoms with van der Waals surface area (Å²) in [4.78, 5) is 19.9. The maximum atomic E-state index is 11.3. The van der Waals surface area contributed by atoms with E-state index >= 15 is 0 Å². The molecule has 0 aromatic heterocycles. The van der Waals surface area contributed by atoms with E-state index in [1.165, 1.54) is 0 Å². The summed E-state index contributed by atoms with van der Waals surface area (Å²) < 4.78 is 10.3. The van der Waals surface area contributed by atoms with Crippen molar-refractivity contribution in [2.75, 3.05) is 6.23 Å². The van der Waals surface area contributed by atoms with Gasteiger partial charge in [-0.15, -0.1) is 0 Å². The first kappa shape index (κ1) is 13.4. The molecule has 6 heteroatoms. The molecule has 0 rings (SSSR count). The van der Waals surface area contributed by atoms with E-state index < -0.39 is 24.0 Å². The van der Waals surface area contributed by atoms with E-state index in [0.29, 0.717) is 0 Å². The molecule has 0 aliphatic heterocycles. The molecule has 0 heterocycles. The lowest BCUT2D eigenvalue weighted by Crippen LogP contribution is -2.28. The second kappa shape index (κ2) is 5.99. The number of carbonyl (C=O) groups excluding carboxylic acids is 1. The largest absolute Gasteiger partial charge is 0.540 e. The van der Waals surface area contributed by atoms with Crippen molar-refractivity contribution in [3.05, 3.63) is 11.8 Å². The van der Waals surface area contributed by atoms with Crippen molar-refractivity contribution in [1.29, 1.82) is 0 Å². The second-order valence-corrected chi connectivity index (χ2v) is 9.01. The molecule has 0 saturated carbocycles. The summed E-state index contributed by atoms with van der Waals surface area (Å²) in [5, 5.41) is 0. The highest BCUT2D eigenvalue weighted by Gasteiger charge is 2.22. The van der Waals surface area contributed by atoms with E-state index in [1.807, 2.05) is 19.6 Å². The van der Waals surface area contributed by atoms with Crippen LogP contribution >= 0.6 is 0 Å². The number of allylic oxidation sites excluding steroid dienone is 1. The Morgan fingerprint density at radius 1 is 1.50 bits per heavy atom. The van der Waals surface area contributed by atoms with Gasteiger partial charge in [0, 0.05) is 0 Å². The molecule has 0 fully saturated rings.